The van der Waals surface area contributed by atoms with E-state index in [2.05, 4.69) is 0 Å². The molecule has 0 fully saturated rings. The van der Waals surface area contributed by atoms with Crippen molar-refractivity contribution in [3.8, 4) is 0 Å². The summed E-state index contributed by atoms with van der Waals surface area (Å²) in [6.45, 7) is 0. The Labute approximate surface area is 102 Å². The number of carboxylic acids is 2. The molecule has 0 aromatic carbocycles. The van der Waals surface area contributed by atoms with Gasteiger partial charge in [-0.05, 0) is 0 Å². The maximum Gasteiger partial charge on any atom is 2.00 e. The van der Waals surface area contributed by atoms with Crippen molar-refractivity contribution >= 4 is 60.8 Å². The van der Waals surface area contributed by atoms with Crippen LogP contribution < -0.4 is 10.2 Å². The molecule has 6 nitrogen and oxygen atoms in total. The van der Waals surface area contributed by atoms with E-state index in [4.69, 9.17) is 10.2 Å². The Bertz CT molecular complexity index is 139. The third-order valence-electron chi connectivity index (χ3n) is 0.782. The summed E-state index contributed by atoms with van der Waals surface area (Å²) in [5.41, 5.74) is 0. The standard InChI is InChI=1S/C4H6O6.Ba/c5-1(3(7)8)2(6)4(9)10;/h1-2,5-6H,(H,7,8)(H,9,10);/q;+2/p-2/t1-,2-;/m0./s1. The van der Waals surface area contributed by atoms with Crippen molar-refractivity contribution < 1.29 is 30.0 Å². The van der Waals surface area contributed by atoms with Crippen molar-refractivity contribution in [2.45, 2.75) is 12.2 Å². The Balaban J connectivity index is 0. The molecule has 11 heavy (non-hydrogen) atoms. The molecule has 0 rings (SSSR count). The van der Waals surface area contributed by atoms with Crippen LogP contribution in [0.25, 0.3) is 0 Å². The van der Waals surface area contributed by atoms with Crippen LogP contribution in [0.3, 0.4) is 0 Å². The Hall–Kier alpha value is 0.431. The minimum atomic E-state index is -2.44. The third-order valence-corrected chi connectivity index (χ3v) is 0.782. The summed E-state index contributed by atoms with van der Waals surface area (Å²) >= 11 is 0. The van der Waals surface area contributed by atoms with Crippen molar-refractivity contribution in [2.75, 3.05) is 0 Å². The summed E-state index contributed by atoms with van der Waals surface area (Å²) in [5.74, 6) is -4.12. The minimum absolute atomic E-state index is 0. The van der Waals surface area contributed by atoms with Gasteiger partial charge < -0.3 is 30.0 Å². The first-order valence-corrected chi connectivity index (χ1v) is 2.24. The van der Waals surface area contributed by atoms with Crippen molar-refractivity contribution in [1.82, 2.24) is 0 Å². The van der Waals surface area contributed by atoms with E-state index < -0.39 is 24.1 Å². The van der Waals surface area contributed by atoms with Gasteiger partial charge in [-0.15, -0.1) is 0 Å². The largest absolute Gasteiger partial charge is 2.00 e. The maximum absolute atomic E-state index is 9.63. The van der Waals surface area contributed by atoms with Gasteiger partial charge in [0.05, 0.1) is 11.9 Å². The van der Waals surface area contributed by atoms with Crippen molar-refractivity contribution in [3.63, 3.8) is 0 Å². The molecule has 58 valence electrons. The quantitative estimate of drug-likeness (QED) is 0.500. The van der Waals surface area contributed by atoms with Crippen LogP contribution in [0.2, 0.25) is 0 Å². The molecule has 0 aliphatic rings. The summed E-state index contributed by atoms with van der Waals surface area (Å²) in [6, 6.07) is 0. The second-order valence-corrected chi connectivity index (χ2v) is 1.53. The van der Waals surface area contributed by atoms with Crippen LogP contribution >= 0.6 is 0 Å². The van der Waals surface area contributed by atoms with E-state index in [1.165, 1.54) is 0 Å². The van der Waals surface area contributed by atoms with Gasteiger partial charge in [-0.3, -0.25) is 0 Å². The number of carbonyl (C=O) groups is 2. The van der Waals surface area contributed by atoms with E-state index in [1.54, 1.807) is 0 Å². The van der Waals surface area contributed by atoms with Gasteiger partial charge in [0.15, 0.2) is 0 Å². The van der Waals surface area contributed by atoms with Gasteiger partial charge in [0.25, 0.3) is 0 Å². The first-order chi connectivity index (χ1) is 4.46. The summed E-state index contributed by atoms with van der Waals surface area (Å²) in [7, 11) is 0. The van der Waals surface area contributed by atoms with Crippen molar-refractivity contribution in [1.29, 1.82) is 0 Å². The molecule has 0 aliphatic heterocycles. The van der Waals surface area contributed by atoms with Gasteiger partial charge in [0, 0.05) is 0 Å². The summed E-state index contributed by atoms with van der Waals surface area (Å²) in [4.78, 5) is 19.3. The Morgan fingerprint density at radius 1 is 1.00 bits per heavy atom. The van der Waals surface area contributed by atoms with Crippen LogP contribution in [0.1, 0.15) is 0 Å². The molecule has 7 heteroatoms. The SMILES string of the molecule is O=C([O-])[C@@H](O)[C@H](O)C(=O)[O-].[Ba+2]. The monoisotopic (exact) mass is 286 g/mol. The molecular formula is C4H4BaO6. The van der Waals surface area contributed by atoms with E-state index in [9.17, 15) is 19.8 Å². The van der Waals surface area contributed by atoms with E-state index in [0.717, 1.165) is 0 Å². The molecule has 0 aliphatic carbocycles. The van der Waals surface area contributed by atoms with Gasteiger partial charge >= 0.3 is 48.9 Å². The minimum Gasteiger partial charge on any atom is -0.547 e. The molecule has 0 aromatic heterocycles. The average Bonchev–Trinajstić information content (AvgIpc) is 1.84. The molecule has 0 unspecified atom stereocenters. The second kappa shape index (κ2) is 6.00. The van der Waals surface area contributed by atoms with Gasteiger partial charge in [-0.1, -0.05) is 0 Å². The summed E-state index contributed by atoms with van der Waals surface area (Å²) < 4.78 is 0. The average molecular weight is 285 g/mol. The molecule has 0 amide bonds. The van der Waals surface area contributed by atoms with E-state index in [-0.39, 0.29) is 48.9 Å². The normalized spacial score (nSPS) is 14.4. The predicted octanol–water partition coefficient (Wildman–Crippen LogP) is -5.17. The van der Waals surface area contributed by atoms with Crippen LogP contribution in [0.4, 0.5) is 0 Å². The van der Waals surface area contributed by atoms with Gasteiger partial charge in [-0.25, -0.2) is 0 Å². The van der Waals surface area contributed by atoms with Gasteiger partial charge in [-0.2, -0.15) is 0 Å². The Morgan fingerprint density at radius 3 is 1.27 bits per heavy atom. The number of aliphatic hydroxyl groups is 2. The molecule has 0 saturated heterocycles. The number of carboxylic acid groups (broad SMARTS) is 2. The van der Waals surface area contributed by atoms with Crippen LogP contribution in [0.5, 0.6) is 0 Å². The molecule has 0 spiro atoms. The maximum atomic E-state index is 9.63. The van der Waals surface area contributed by atoms with Gasteiger partial charge in [0.1, 0.15) is 12.2 Å². The fourth-order valence-electron chi connectivity index (χ4n) is 0.258. The topological polar surface area (TPSA) is 121 Å². The summed E-state index contributed by atoms with van der Waals surface area (Å²) in [5, 5.41) is 35.7. The van der Waals surface area contributed by atoms with Crippen LogP contribution in [0, 0.1) is 0 Å². The van der Waals surface area contributed by atoms with Crippen molar-refractivity contribution in [3.05, 3.63) is 0 Å². The number of aliphatic hydroxyl groups excluding tert-OH is 2. The van der Waals surface area contributed by atoms with E-state index >= 15 is 0 Å². The zero-order chi connectivity index (χ0) is 8.31. The number of hydrogen-bond donors (Lipinski definition) is 2. The molecule has 2 N–H and O–H groups in total. The van der Waals surface area contributed by atoms with E-state index in [0.29, 0.717) is 0 Å². The van der Waals surface area contributed by atoms with E-state index in [1.807, 2.05) is 0 Å². The van der Waals surface area contributed by atoms with Crippen LogP contribution in [-0.4, -0.2) is 83.2 Å². The first-order valence-electron chi connectivity index (χ1n) is 2.24. The number of rotatable bonds is 3. The Kier molecular flexibility index (Phi) is 7.63. The number of hydrogen-bond acceptors (Lipinski definition) is 6. The second-order valence-electron chi connectivity index (χ2n) is 1.53. The fraction of sp³-hybridized carbons (Fsp3) is 0.500. The van der Waals surface area contributed by atoms with Crippen molar-refractivity contribution in [2.24, 2.45) is 0 Å². The fourth-order valence-corrected chi connectivity index (χ4v) is 0.258. The smallest absolute Gasteiger partial charge is 0.547 e. The Morgan fingerprint density at radius 2 is 1.18 bits per heavy atom. The van der Waals surface area contributed by atoms with Gasteiger partial charge in [0.2, 0.25) is 0 Å². The first kappa shape index (κ1) is 14.0. The molecule has 0 radical (unpaired) electrons. The predicted molar refractivity (Wildman–Crippen MR) is 27.8 cm³/mol. The van der Waals surface area contributed by atoms with Crippen LogP contribution in [0.15, 0.2) is 0 Å². The molecule has 2 atom stereocenters. The zero-order valence-electron chi connectivity index (χ0n) is 5.39. The molecular weight excluding hydrogens is 281 g/mol. The molecule has 0 aromatic rings. The number of carbonyl (C=O) groups excluding carboxylic acids is 2. The molecule has 0 bridgehead atoms. The summed E-state index contributed by atoms with van der Waals surface area (Å²) in [6.07, 6.45) is -4.88. The third kappa shape index (κ3) is 4.80. The molecule has 0 heterocycles. The zero-order valence-corrected chi connectivity index (χ0v) is 9.83. The van der Waals surface area contributed by atoms with Crippen LogP contribution in [-0.2, 0) is 9.59 Å². The molecule has 0 saturated carbocycles. The number of aliphatic carboxylic acids is 2.